The van der Waals surface area contributed by atoms with Crippen molar-refractivity contribution in [3.05, 3.63) is 24.0 Å². The predicted molar refractivity (Wildman–Crippen MR) is 69.7 cm³/mol. The van der Waals surface area contributed by atoms with Crippen molar-refractivity contribution in [3.63, 3.8) is 0 Å². The molecule has 1 aromatic rings. The maximum atomic E-state index is 13.2. The summed E-state index contributed by atoms with van der Waals surface area (Å²) in [6, 6.07) is 3.60. The minimum absolute atomic E-state index is 0.311. The van der Waals surface area contributed by atoms with Crippen LogP contribution in [0, 0.1) is 11.7 Å². The summed E-state index contributed by atoms with van der Waals surface area (Å²) in [6.45, 7) is 4.00. The maximum absolute atomic E-state index is 13.2. The van der Waals surface area contributed by atoms with Gasteiger partial charge in [0.15, 0.2) is 0 Å². The van der Waals surface area contributed by atoms with Gasteiger partial charge in [-0.15, -0.1) is 0 Å². The van der Waals surface area contributed by atoms with Crippen LogP contribution in [-0.2, 0) is 9.53 Å². The van der Waals surface area contributed by atoms with Gasteiger partial charge in [-0.3, -0.25) is 0 Å². The van der Waals surface area contributed by atoms with Gasteiger partial charge in [0.1, 0.15) is 11.9 Å². The molecule has 5 heteroatoms. The number of methoxy groups -OCH3 is 1. The fraction of sp³-hybridized carbons (Fsp3) is 0.462. The Bertz CT molecular complexity index is 401. The van der Waals surface area contributed by atoms with E-state index in [-0.39, 0.29) is 5.97 Å². The van der Waals surface area contributed by atoms with Crippen molar-refractivity contribution in [2.45, 2.75) is 26.3 Å². The smallest absolute Gasteiger partial charge is 0.328 e. The molecule has 0 aliphatic rings. The summed E-state index contributed by atoms with van der Waals surface area (Å²) in [6.07, 6.45) is 0.600. The second-order valence-electron chi connectivity index (χ2n) is 4.62. The number of benzene rings is 1. The summed E-state index contributed by atoms with van der Waals surface area (Å²) >= 11 is 0. The summed E-state index contributed by atoms with van der Waals surface area (Å²) in [7, 11) is 1.33. The van der Waals surface area contributed by atoms with Crippen LogP contribution in [0.4, 0.5) is 15.8 Å². The number of hydrogen-bond donors (Lipinski definition) is 2. The van der Waals surface area contributed by atoms with Crippen molar-refractivity contribution >= 4 is 17.3 Å². The fourth-order valence-corrected chi connectivity index (χ4v) is 1.72. The molecule has 18 heavy (non-hydrogen) atoms. The molecule has 100 valence electrons. The SMILES string of the molecule is COC(=O)C(CC(C)C)Nc1cc(N)cc(F)c1. The van der Waals surface area contributed by atoms with Gasteiger partial charge in [-0.2, -0.15) is 0 Å². The van der Waals surface area contributed by atoms with E-state index >= 15 is 0 Å². The Balaban J connectivity index is 2.84. The number of carbonyl (C=O) groups is 1. The second kappa shape index (κ2) is 6.23. The number of esters is 1. The number of nitrogens with one attached hydrogen (secondary N) is 1. The van der Waals surface area contributed by atoms with Crippen LogP contribution in [0.5, 0.6) is 0 Å². The van der Waals surface area contributed by atoms with E-state index in [4.69, 9.17) is 10.5 Å². The third kappa shape index (κ3) is 4.24. The average molecular weight is 254 g/mol. The highest BCUT2D eigenvalue weighted by Gasteiger charge is 2.20. The molecule has 1 rings (SSSR count). The van der Waals surface area contributed by atoms with Crippen LogP contribution in [-0.4, -0.2) is 19.1 Å². The van der Waals surface area contributed by atoms with Gasteiger partial charge >= 0.3 is 5.97 Å². The monoisotopic (exact) mass is 254 g/mol. The second-order valence-corrected chi connectivity index (χ2v) is 4.62. The van der Waals surface area contributed by atoms with Gasteiger partial charge in [0.25, 0.3) is 0 Å². The Morgan fingerprint density at radius 1 is 1.44 bits per heavy atom. The minimum atomic E-state index is -0.504. The Morgan fingerprint density at radius 2 is 2.11 bits per heavy atom. The zero-order valence-corrected chi connectivity index (χ0v) is 10.9. The van der Waals surface area contributed by atoms with E-state index in [0.29, 0.717) is 23.7 Å². The van der Waals surface area contributed by atoms with Crippen LogP contribution in [0.15, 0.2) is 18.2 Å². The molecule has 0 radical (unpaired) electrons. The van der Waals surface area contributed by atoms with Gasteiger partial charge in [-0.05, 0) is 30.5 Å². The van der Waals surface area contributed by atoms with E-state index < -0.39 is 11.9 Å². The topological polar surface area (TPSA) is 64.3 Å². The van der Waals surface area contributed by atoms with E-state index in [2.05, 4.69) is 5.32 Å². The summed E-state index contributed by atoms with van der Waals surface area (Å²) < 4.78 is 17.9. The molecule has 0 aliphatic heterocycles. The normalized spacial score (nSPS) is 12.3. The molecule has 0 saturated carbocycles. The highest BCUT2D eigenvalue weighted by molar-refractivity contribution is 5.79. The summed E-state index contributed by atoms with van der Waals surface area (Å²) in [5.41, 5.74) is 6.34. The van der Waals surface area contributed by atoms with E-state index in [0.717, 1.165) is 0 Å². The van der Waals surface area contributed by atoms with Crippen LogP contribution >= 0.6 is 0 Å². The number of nitrogens with two attached hydrogens (primary N) is 1. The van der Waals surface area contributed by atoms with E-state index in [1.54, 1.807) is 6.07 Å². The van der Waals surface area contributed by atoms with E-state index in [1.807, 2.05) is 13.8 Å². The molecule has 1 unspecified atom stereocenters. The van der Waals surface area contributed by atoms with Crippen molar-refractivity contribution in [1.82, 2.24) is 0 Å². The predicted octanol–water partition coefficient (Wildman–Crippen LogP) is 2.41. The van der Waals surface area contributed by atoms with E-state index in [9.17, 15) is 9.18 Å². The molecule has 0 aliphatic carbocycles. The molecular formula is C13H19FN2O2. The largest absolute Gasteiger partial charge is 0.467 e. The zero-order valence-electron chi connectivity index (χ0n) is 10.9. The maximum Gasteiger partial charge on any atom is 0.328 e. The first-order valence-electron chi connectivity index (χ1n) is 5.82. The van der Waals surface area contributed by atoms with Crippen LogP contribution in [0.3, 0.4) is 0 Å². The molecule has 1 aromatic carbocycles. The van der Waals surface area contributed by atoms with Gasteiger partial charge in [0.2, 0.25) is 0 Å². The number of ether oxygens (including phenoxy) is 1. The highest BCUT2D eigenvalue weighted by atomic mass is 19.1. The van der Waals surface area contributed by atoms with Crippen LogP contribution in [0.25, 0.3) is 0 Å². The molecule has 0 bridgehead atoms. The van der Waals surface area contributed by atoms with Crippen LogP contribution < -0.4 is 11.1 Å². The van der Waals surface area contributed by atoms with Gasteiger partial charge in [-0.25, -0.2) is 9.18 Å². The molecular weight excluding hydrogens is 235 g/mol. The first-order chi connectivity index (χ1) is 8.42. The lowest BCUT2D eigenvalue weighted by Crippen LogP contribution is -2.32. The molecule has 1 atom stereocenters. The molecule has 0 amide bonds. The van der Waals surface area contributed by atoms with E-state index in [1.165, 1.54) is 19.2 Å². The van der Waals surface area contributed by atoms with Crippen molar-refractivity contribution in [2.75, 3.05) is 18.2 Å². The molecule has 0 spiro atoms. The molecule has 4 nitrogen and oxygen atoms in total. The molecule has 0 saturated heterocycles. The Labute approximate surface area is 106 Å². The van der Waals surface area contributed by atoms with Crippen molar-refractivity contribution < 1.29 is 13.9 Å². The Morgan fingerprint density at radius 3 is 2.61 bits per heavy atom. The third-order valence-corrected chi connectivity index (χ3v) is 2.45. The first kappa shape index (κ1) is 14.3. The number of nitrogen functional groups attached to an aromatic ring is 1. The third-order valence-electron chi connectivity index (χ3n) is 2.45. The van der Waals surface area contributed by atoms with Gasteiger partial charge in [0.05, 0.1) is 7.11 Å². The van der Waals surface area contributed by atoms with Gasteiger partial charge in [0, 0.05) is 11.4 Å². The number of halogens is 1. The lowest BCUT2D eigenvalue weighted by atomic mass is 10.0. The molecule has 0 aromatic heterocycles. The van der Waals surface area contributed by atoms with Crippen LogP contribution in [0.1, 0.15) is 20.3 Å². The number of carbonyl (C=O) groups excluding carboxylic acids is 1. The quantitative estimate of drug-likeness (QED) is 0.625. The molecule has 3 N–H and O–H groups in total. The fourth-order valence-electron chi connectivity index (χ4n) is 1.72. The van der Waals surface area contributed by atoms with Crippen molar-refractivity contribution in [3.8, 4) is 0 Å². The van der Waals surface area contributed by atoms with Gasteiger partial charge < -0.3 is 15.8 Å². The molecule has 0 heterocycles. The first-order valence-corrected chi connectivity index (χ1v) is 5.82. The lowest BCUT2D eigenvalue weighted by Gasteiger charge is -2.19. The summed E-state index contributed by atoms with van der Waals surface area (Å²) in [5.74, 6) is -0.496. The average Bonchev–Trinajstić information content (AvgIpc) is 2.25. The Hall–Kier alpha value is -1.78. The minimum Gasteiger partial charge on any atom is -0.467 e. The number of hydrogen-bond acceptors (Lipinski definition) is 4. The number of anilines is 2. The van der Waals surface area contributed by atoms with Crippen LogP contribution in [0.2, 0.25) is 0 Å². The van der Waals surface area contributed by atoms with Gasteiger partial charge in [-0.1, -0.05) is 13.8 Å². The zero-order chi connectivity index (χ0) is 13.7. The molecule has 0 fully saturated rings. The van der Waals surface area contributed by atoms with Crippen molar-refractivity contribution in [2.24, 2.45) is 5.92 Å². The lowest BCUT2D eigenvalue weighted by molar-refractivity contribution is -0.141. The summed E-state index contributed by atoms with van der Waals surface area (Å²) in [4.78, 5) is 11.6. The number of rotatable bonds is 5. The summed E-state index contributed by atoms with van der Waals surface area (Å²) in [5, 5.41) is 2.95. The Kier molecular flexibility index (Phi) is 4.95. The van der Waals surface area contributed by atoms with Crippen molar-refractivity contribution in [1.29, 1.82) is 0 Å². The standard InChI is InChI=1S/C13H19FN2O2/c1-8(2)4-12(13(17)18-3)16-11-6-9(14)5-10(15)7-11/h5-8,12,16H,4,15H2,1-3H3. The highest BCUT2D eigenvalue weighted by Crippen LogP contribution is 2.18.